The molecule has 2 aromatic carbocycles. The molecule has 0 fully saturated rings. The number of benzene rings is 2. The first-order valence-corrected chi connectivity index (χ1v) is 17.7. The van der Waals surface area contributed by atoms with Crippen LogP contribution in [0.25, 0.3) is 5.70 Å². The molecular formula is C35H48F3N3O4S. The lowest BCUT2D eigenvalue weighted by atomic mass is 9.98. The van der Waals surface area contributed by atoms with Crippen molar-refractivity contribution >= 4 is 33.2 Å². The van der Waals surface area contributed by atoms with Crippen LogP contribution in [0.3, 0.4) is 0 Å². The average molecular weight is 664 g/mol. The Morgan fingerprint density at radius 1 is 0.957 bits per heavy atom. The predicted molar refractivity (Wildman–Crippen MR) is 178 cm³/mol. The Kier molecular flexibility index (Phi) is 13.4. The van der Waals surface area contributed by atoms with Gasteiger partial charge in [0.05, 0.1) is 5.75 Å². The van der Waals surface area contributed by atoms with Gasteiger partial charge < -0.3 is 10.2 Å². The monoisotopic (exact) mass is 663 g/mol. The molecule has 0 saturated heterocycles. The number of nitrogens with zero attached hydrogens (tertiary/aromatic N) is 2. The van der Waals surface area contributed by atoms with Gasteiger partial charge in [0, 0.05) is 51.3 Å². The van der Waals surface area contributed by atoms with E-state index in [9.17, 15) is 31.2 Å². The van der Waals surface area contributed by atoms with E-state index in [1.165, 1.54) is 11.2 Å². The minimum absolute atomic E-state index is 0.0129. The van der Waals surface area contributed by atoms with E-state index in [0.717, 1.165) is 45.5 Å². The van der Waals surface area contributed by atoms with E-state index < -0.39 is 22.6 Å². The molecule has 2 amide bonds. The van der Waals surface area contributed by atoms with E-state index in [2.05, 4.69) is 5.32 Å². The molecule has 0 atom stereocenters. The van der Waals surface area contributed by atoms with Crippen LogP contribution in [-0.4, -0.2) is 56.6 Å². The number of amides is 2. The van der Waals surface area contributed by atoms with Crippen LogP contribution in [0.5, 0.6) is 0 Å². The number of allylic oxidation sites excluding steroid dienone is 1. The van der Waals surface area contributed by atoms with Crippen LogP contribution in [-0.2, 0) is 32.5 Å². The van der Waals surface area contributed by atoms with E-state index in [1.807, 2.05) is 57.2 Å². The summed E-state index contributed by atoms with van der Waals surface area (Å²) in [6, 6.07) is 11.5. The molecule has 0 radical (unpaired) electrons. The van der Waals surface area contributed by atoms with E-state index in [0.29, 0.717) is 50.8 Å². The normalized spacial score (nSPS) is 17.3. The van der Waals surface area contributed by atoms with Gasteiger partial charge >= 0.3 is 6.18 Å². The van der Waals surface area contributed by atoms with E-state index >= 15 is 0 Å². The summed E-state index contributed by atoms with van der Waals surface area (Å²) in [5.41, 5.74) is 7.10. The lowest BCUT2D eigenvalue weighted by Crippen LogP contribution is -2.37. The fourth-order valence-corrected chi connectivity index (χ4v) is 7.36. The van der Waals surface area contributed by atoms with Gasteiger partial charge in [-0.2, -0.15) is 13.2 Å². The molecule has 46 heavy (non-hydrogen) atoms. The van der Waals surface area contributed by atoms with Gasteiger partial charge in [-0.05, 0) is 117 Å². The Balaban J connectivity index is 1.66. The molecule has 1 aliphatic rings. The summed E-state index contributed by atoms with van der Waals surface area (Å²) >= 11 is 0. The fourth-order valence-electron chi connectivity index (χ4n) is 5.86. The Morgan fingerprint density at radius 3 is 2.30 bits per heavy atom. The van der Waals surface area contributed by atoms with E-state index in [1.54, 1.807) is 11.9 Å². The highest BCUT2D eigenvalue weighted by atomic mass is 32.2. The number of carbonyl (C=O) groups excluding carboxylic acids is 2. The summed E-state index contributed by atoms with van der Waals surface area (Å²) < 4.78 is 65.9. The molecule has 1 heterocycles. The standard InChI is InChI=1S/C35H48F3N3O4S/c1-25-12-8-10-19-41(46(44,45)21-17-32-26(2)22-31(23-27(32)3)40(5)28(4)42)20-16-33(43)39-34(25)30-15-11-14-29(24-30)13-7-6-9-18-35(36,37)38/h11,14-15,22-24H,6-10,12-13,16-21H2,1-5H3,(H,39,43)/b34-25-. The summed E-state index contributed by atoms with van der Waals surface area (Å²) in [5.74, 6) is -0.435. The quantitative estimate of drug-likeness (QED) is 0.257. The summed E-state index contributed by atoms with van der Waals surface area (Å²) in [6.07, 6.45) is -0.557. The predicted octanol–water partition coefficient (Wildman–Crippen LogP) is 7.25. The average Bonchev–Trinajstić information content (AvgIpc) is 3.00. The second-order valence-corrected chi connectivity index (χ2v) is 14.5. The lowest BCUT2D eigenvalue weighted by Gasteiger charge is -2.23. The van der Waals surface area contributed by atoms with Crippen molar-refractivity contribution in [3.63, 3.8) is 0 Å². The maximum absolute atomic E-state index is 13.5. The minimum Gasteiger partial charge on any atom is -0.326 e. The van der Waals surface area contributed by atoms with Crippen LogP contribution in [0.1, 0.15) is 93.0 Å². The molecule has 1 aliphatic heterocycles. The second-order valence-electron chi connectivity index (χ2n) is 12.4. The molecule has 2 aromatic rings. The molecule has 1 N–H and O–H groups in total. The molecular weight excluding hydrogens is 615 g/mol. The fraction of sp³-hybridized carbons (Fsp3) is 0.543. The number of anilines is 1. The molecule has 3 rings (SSSR count). The number of hydrogen-bond donors (Lipinski definition) is 1. The zero-order valence-corrected chi connectivity index (χ0v) is 28.5. The molecule has 254 valence electrons. The summed E-state index contributed by atoms with van der Waals surface area (Å²) in [4.78, 5) is 26.5. The zero-order chi connectivity index (χ0) is 34.1. The summed E-state index contributed by atoms with van der Waals surface area (Å²) in [7, 11) is -1.94. The van der Waals surface area contributed by atoms with Gasteiger partial charge in [-0.1, -0.05) is 24.6 Å². The summed E-state index contributed by atoms with van der Waals surface area (Å²) in [6.45, 7) is 7.73. The molecule has 0 aromatic heterocycles. The zero-order valence-electron chi connectivity index (χ0n) is 27.7. The third kappa shape index (κ3) is 11.3. The van der Waals surface area contributed by atoms with Crippen molar-refractivity contribution in [1.29, 1.82) is 0 Å². The molecule has 0 spiro atoms. The minimum atomic E-state index is -4.13. The number of rotatable bonds is 11. The highest BCUT2D eigenvalue weighted by Gasteiger charge is 2.26. The van der Waals surface area contributed by atoms with Gasteiger partial charge in [-0.15, -0.1) is 0 Å². The number of sulfonamides is 1. The van der Waals surface area contributed by atoms with Crippen LogP contribution in [0, 0.1) is 13.8 Å². The SMILES string of the molecule is CC(=O)N(C)c1cc(C)c(CCS(=O)(=O)N2CCCC/C(C)=C(/c3cccc(CCCCCC(F)(F)F)c3)NC(=O)CC2)c(C)c1. The smallest absolute Gasteiger partial charge is 0.326 e. The number of carbonyl (C=O) groups is 2. The van der Waals surface area contributed by atoms with Crippen molar-refractivity contribution in [2.45, 2.75) is 98.1 Å². The maximum Gasteiger partial charge on any atom is 0.389 e. The Hall–Kier alpha value is -3.18. The largest absolute Gasteiger partial charge is 0.389 e. The topological polar surface area (TPSA) is 86.8 Å². The number of hydrogen-bond acceptors (Lipinski definition) is 4. The van der Waals surface area contributed by atoms with Gasteiger partial charge in [0.2, 0.25) is 21.8 Å². The second kappa shape index (κ2) is 16.6. The molecule has 0 aliphatic carbocycles. The first-order valence-electron chi connectivity index (χ1n) is 16.1. The van der Waals surface area contributed by atoms with E-state index in [-0.39, 0.29) is 37.0 Å². The summed E-state index contributed by atoms with van der Waals surface area (Å²) in [5, 5.41) is 3.03. The van der Waals surface area contributed by atoms with Crippen molar-refractivity contribution in [3.8, 4) is 0 Å². The van der Waals surface area contributed by atoms with Crippen molar-refractivity contribution < 1.29 is 31.2 Å². The third-order valence-corrected chi connectivity index (χ3v) is 10.5. The number of unbranched alkanes of at least 4 members (excludes halogenated alkanes) is 2. The third-order valence-electron chi connectivity index (χ3n) is 8.67. The Labute approximate surface area is 272 Å². The Morgan fingerprint density at radius 2 is 1.65 bits per heavy atom. The van der Waals surface area contributed by atoms with Gasteiger partial charge in [-0.25, -0.2) is 12.7 Å². The van der Waals surface area contributed by atoms with Crippen LogP contribution in [0.2, 0.25) is 0 Å². The first kappa shape index (κ1) is 37.3. The first-order chi connectivity index (χ1) is 21.6. The van der Waals surface area contributed by atoms with Crippen molar-refractivity contribution in [1.82, 2.24) is 9.62 Å². The number of nitrogens with one attached hydrogen (secondary N) is 1. The van der Waals surface area contributed by atoms with Gasteiger partial charge in [0.25, 0.3) is 0 Å². The van der Waals surface area contributed by atoms with Crippen LogP contribution < -0.4 is 10.2 Å². The number of alkyl halides is 3. The van der Waals surface area contributed by atoms with Crippen molar-refractivity contribution in [3.05, 3.63) is 69.8 Å². The van der Waals surface area contributed by atoms with Gasteiger partial charge in [-0.3, -0.25) is 9.59 Å². The molecule has 7 nitrogen and oxygen atoms in total. The molecule has 0 bridgehead atoms. The van der Waals surface area contributed by atoms with Gasteiger partial charge in [0.1, 0.15) is 0 Å². The van der Waals surface area contributed by atoms with Crippen LogP contribution in [0.4, 0.5) is 18.9 Å². The van der Waals surface area contributed by atoms with Crippen molar-refractivity contribution in [2.75, 3.05) is 30.8 Å². The van der Waals surface area contributed by atoms with Crippen LogP contribution in [0.15, 0.2) is 42.0 Å². The van der Waals surface area contributed by atoms with Crippen LogP contribution >= 0.6 is 0 Å². The number of halogens is 3. The highest BCUT2D eigenvalue weighted by molar-refractivity contribution is 7.89. The molecule has 0 unspecified atom stereocenters. The van der Waals surface area contributed by atoms with Crippen molar-refractivity contribution in [2.24, 2.45) is 0 Å². The van der Waals surface area contributed by atoms with Gasteiger partial charge in [0.15, 0.2) is 0 Å². The Bertz CT molecular complexity index is 1500. The molecule has 0 saturated carbocycles. The lowest BCUT2D eigenvalue weighted by molar-refractivity contribution is -0.135. The highest BCUT2D eigenvalue weighted by Crippen LogP contribution is 2.26. The number of aryl methyl sites for hydroxylation is 3. The molecule has 11 heteroatoms. The maximum atomic E-state index is 13.5. The van der Waals surface area contributed by atoms with E-state index in [4.69, 9.17) is 0 Å².